The molecule has 14 heavy (non-hydrogen) atoms. The van der Waals surface area contributed by atoms with E-state index in [4.69, 9.17) is 10.5 Å². The number of rotatable bonds is 4. The van der Waals surface area contributed by atoms with Gasteiger partial charge in [0.2, 0.25) is 0 Å². The van der Waals surface area contributed by atoms with Gasteiger partial charge in [0.25, 0.3) is 0 Å². The highest BCUT2D eigenvalue weighted by Crippen LogP contribution is 2.29. The third-order valence-corrected chi connectivity index (χ3v) is 2.37. The lowest BCUT2D eigenvalue weighted by molar-refractivity contribution is 0.406. The lowest BCUT2D eigenvalue weighted by Crippen LogP contribution is -2.07. The van der Waals surface area contributed by atoms with E-state index in [1.807, 2.05) is 12.1 Å². The second-order valence-corrected chi connectivity index (χ2v) is 3.73. The normalized spacial score (nSPS) is 10.6. The smallest absolute Gasteiger partial charge is 0.122 e. The molecule has 0 amide bonds. The maximum absolute atomic E-state index is 5.58. The Morgan fingerprint density at radius 3 is 2.57 bits per heavy atom. The van der Waals surface area contributed by atoms with Crippen LogP contribution in [0.25, 0.3) is 0 Å². The maximum Gasteiger partial charge on any atom is 0.122 e. The molecule has 0 aromatic heterocycles. The summed E-state index contributed by atoms with van der Waals surface area (Å²) < 4.78 is 5.35. The summed E-state index contributed by atoms with van der Waals surface area (Å²) in [6.45, 7) is 5.04. The average Bonchev–Trinajstić information content (AvgIpc) is 2.17. The summed E-state index contributed by atoms with van der Waals surface area (Å²) in [7, 11) is 1.72. The van der Waals surface area contributed by atoms with Crippen molar-refractivity contribution < 1.29 is 4.74 Å². The minimum Gasteiger partial charge on any atom is -0.496 e. The number of hydrogen-bond donors (Lipinski definition) is 1. The molecule has 0 spiro atoms. The fourth-order valence-corrected chi connectivity index (χ4v) is 1.80. The molecular formula is C12H19NO. The Kier molecular flexibility index (Phi) is 3.96. The van der Waals surface area contributed by atoms with E-state index in [1.54, 1.807) is 7.11 Å². The van der Waals surface area contributed by atoms with E-state index in [2.05, 4.69) is 19.9 Å². The zero-order valence-corrected chi connectivity index (χ0v) is 9.21. The molecule has 0 radical (unpaired) electrons. The molecule has 2 N–H and O–H groups in total. The molecule has 0 aliphatic heterocycles. The lowest BCUT2D eigenvalue weighted by atomic mass is 9.94. The van der Waals surface area contributed by atoms with Crippen molar-refractivity contribution in [1.82, 2.24) is 0 Å². The van der Waals surface area contributed by atoms with E-state index >= 15 is 0 Å². The molecule has 0 heterocycles. The van der Waals surface area contributed by atoms with Crippen molar-refractivity contribution in [1.29, 1.82) is 0 Å². The van der Waals surface area contributed by atoms with Crippen LogP contribution in [0.15, 0.2) is 18.2 Å². The summed E-state index contributed by atoms with van der Waals surface area (Å²) in [6.07, 6.45) is 0.921. The molecule has 1 aromatic rings. The lowest BCUT2D eigenvalue weighted by Gasteiger charge is -2.16. The first-order valence-corrected chi connectivity index (χ1v) is 5.06. The van der Waals surface area contributed by atoms with Gasteiger partial charge in [0.1, 0.15) is 5.75 Å². The summed E-state index contributed by atoms with van der Waals surface area (Å²) in [5.41, 5.74) is 8.18. The number of methoxy groups -OCH3 is 1. The molecule has 2 heteroatoms. The first-order chi connectivity index (χ1) is 6.70. The molecule has 1 rings (SSSR count). The van der Waals surface area contributed by atoms with Crippen LogP contribution in [0, 0.1) is 0 Å². The first kappa shape index (κ1) is 11.1. The van der Waals surface area contributed by atoms with Crippen LogP contribution in [0.3, 0.4) is 0 Å². The standard InChI is InChI=1S/C12H19NO/c1-9(2)12-10(7-8-13)5-4-6-11(12)14-3/h4-6,9H,7-8,13H2,1-3H3. The van der Waals surface area contributed by atoms with Crippen molar-refractivity contribution in [3.63, 3.8) is 0 Å². The second-order valence-electron chi connectivity index (χ2n) is 3.73. The van der Waals surface area contributed by atoms with Gasteiger partial charge >= 0.3 is 0 Å². The van der Waals surface area contributed by atoms with E-state index < -0.39 is 0 Å². The monoisotopic (exact) mass is 193 g/mol. The Morgan fingerprint density at radius 2 is 2.07 bits per heavy atom. The number of ether oxygens (including phenoxy) is 1. The molecule has 2 nitrogen and oxygen atoms in total. The third kappa shape index (κ3) is 2.26. The van der Waals surface area contributed by atoms with Gasteiger partial charge in [-0.25, -0.2) is 0 Å². The van der Waals surface area contributed by atoms with Gasteiger partial charge < -0.3 is 10.5 Å². The van der Waals surface area contributed by atoms with Gasteiger partial charge in [0.05, 0.1) is 7.11 Å². The van der Waals surface area contributed by atoms with E-state index in [9.17, 15) is 0 Å². The van der Waals surface area contributed by atoms with Crippen molar-refractivity contribution in [3.8, 4) is 5.75 Å². The number of nitrogens with two attached hydrogens (primary N) is 1. The summed E-state index contributed by atoms with van der Waals surface area (Å²) in [5, 5.41) is 0. The van der Waals surface area contributed by atoms with Crippen LogP contribution in [-0.2, 0) is 6.42 Å². The van der Waals surface area contributed by atoms with Crippen molar-refractivity contribution in [2.45, 2.75) is 26.2 Å². The Hall–Kier alpha value is -1.02. The number of hydrogen-bond acceptors (Lipinski definition) is 2. The predicted molar refractivity (Wildman–Crippen MR) is 59.8 cm³/mol. The van der Waals surface area contributed by atoms with Crippen LogP contribution in [0.2, 0.25) is 0 Å². The molecular weight excluding hydrogens is 174 g/mol. The third-order valence-electron chi connectivity index (χ3n) is 2.37. The van der Waals surface area contributed by atoms with Gasteiger partial charge in [-0.3, -0.25) is 0 Å². The molecule has 0 saturated carbocycles. The zero-order valence-electron chi connectivity index (χ0n) is 9.21. The minimum atomic E-state index is 0.479. The fraction of sp³-hybridized carbons (Fsp3) is 0.500. The second kappa shape index (κ2) is 5.01. The largest absolute Gasteiger partial charge is 0.496 e. The van der Waals surface area contributed by atoms with E-state index in [-0.39, 0.29) is 0 Å². The summed E-state index contributed by atoms with van der Waals surface area (Å²) in [5.74, 6) is 1.46. The van der Waals surface area contributed by atoms with Gasteiger partial charge in [-0.15, -0.1) is 0 Å². The van der Waals surface area contributed by atoms with Crippen LogP contribution in [0.4, 0.5) is 0 Å². The topological polar surface area (TPSA) is 35.2 Å². The average molecular weight is 193 g/mol. The SMILES string of the molecule is COc1cccc(CCN)c1C(C)C. The first-order valence-electron chi connectivity index (χ1n) is 5.06. The van der Waals surface area contributed by atoms with Crippen molar-refractivity contribution >= 4 is 0 Å². The molecule has 0 saturated heterocycles. The van der Waals surface area contributed by atoms with Crippen LogP contribution in [0.1, 0.15) is 30.9 Å². The molecule has 0 atom stereocenters. The van der Waals surface area contributed by atoms with E-state index in [1.165, 1.54) is 11.1 Å². The summed E-state index contributed by atoms with van der Waals surface area (Å²) in [6, 6.07) is 6.16. The highest BCUT2D eigenvalue weighted by Gasteiger charge is 2.11. The van der Waals surface area contributed by atoms with Crippen molar-refractivity contribution in [2.24, 2.45) is 5.73 Å². The molecule has 0 bridgehead atoms. The molecule has 0 aliphatic carbocycles. The van der Waals surface area contributed by atoms with Gasteiger partial charge in [-0.1, -0.05) is 26.0 Å². The predicted octanol–water partition coefficient (Wildman–Crippen LogP) is 2.32. The highest BCUT2D eigenvalue weighted by atomic mass is 16.5. The molecule has 0 aliphatic rings. The minimum absolute atomic E-state index is 0.479. The van der Waals surface area contributed by atoms with Crippen LogP contribution in [-0.4, -0.2) is 13.7 Å². The van der Waals surface area contributed by atoms with Crippen LogP contribution >= 0.6 is 0 Å². The molecule has 0 fully saturated rings. The van der Waals surface area contributed by atoms with Gasteiger partial charge in [0, 0.05) is 0 Å². The Morgan fingerprint density at radius 1 is 1.36 bits per heavy atom. The summed E-state index contributed by atoms with van der Waals surface area (Å²) in [4.78, 5) is 0. The summed E-state index contributed by atoms with van der Waals surface area (Å²) >= 11 is 0. The molecule has 1 aromatic carbocycles. The molecule has 0 unspecified atom stereocenters. The highest BCUT2D eigenvalue weighted by molar-refractivity contribution is 5.42. The van der Waals surface area contributed by atoms with Gasteiger partial charge in [0.15, 0.2) is 0 Å². The molecule has 78 valence electrons. The van der Waals surface area contributed by atoms with Crippen molar-refractivity contribution in [2.75, 3.05) is 13.7 Å². The van der Waals surface area contributed by atoms with Gasteiger partial charge in [-0.2, -0.15) is 0 Å². The van der Waals surface area contributed by atoms with E-state index in [0.717, 1.165) is 12.2 Å². The Bertz CT molecular complexity index is 294. The van der Waals surface area contributed by atoms with Crippen molar-refractivity contribution in [3.05, 3.63) is 29.3 Å². The maximum atomic E-state index is 5.58. The van der Waals surface area contributed by atoms with E-state index in [0.29, 0.717) is 12.5 Å². The van der Waals surface area contributed by atoms with Crippen LogP contribution in [0.5, 0.6) is 5.75 Å². The Labute approximate surface area is 86.1 Å². The fourth-order valence-electron chi connectivity index (χ4n) is 1.80. The van der Waals surface area contributed by atoms with Crippen LogP contribution < -0.4 is 10.5 Å². The zero-order chi connectivity index (χ0) is 10.6. The Balaban J connectivity index is 3.14. The van der Waals surface area contributed by atoms with Gasteiger partial charge in [-0.05, 0) is 36.1 Å². The number of benzene rings is 1. The quantitative estimate of drug-likeness (QED) is 0.796.